The van der Waals surface area contributed by atoms with E-state index in [1.54, 1.807) is 6.07 Å². The van der Waals surface area contributed by atoms with Gasteiger partial charge in [0.1, 0.15) is 5.75 Å². The highest BCUT2D eigenvalue weighted by Gasteiger charge is 2.21. The molecule has 1 aromatic carbocycles. The first-order chi connectivity index (χ1) is 8.56. The molecule has 0 saturated carbocycles. The average Bonchev–Trinajstić information content (AvgIpc) is 2.34. The molecule has 3 nitrogen and oxygen atoms in total. The molecule has 1 aliphatic rings. The van der Waals surface area contributed by atoms with E-state index in [4.69, 9.17) is 0 Å². The topological polar surface area (TPSA) is 26.7 Å². The third-order valence-electron chi connectivity index (χ3n) is 3.72. The average molecular weight is 313 g/mol. The van der Waals surface area contributed by atoms with Gasteiger partial charge in [-0.2, -0.15) is 0 Å². The first-order valence-electron chi connectivity index (χ1n) is 6.42. The third kappa shape index (κ3) is 3.46. The highest BCUT2D eigenvalue weighted by Crippen LogP contribution is 2.25. The Morgan fingerprint density at radius 3 is 2.61 bits per heavy atom. The Balaban J connectivity index is 1.93. The summed E-state index contributed by atoms with van der Waals surface area (Å²) in [5.41, 5.74) is 1.01. The monoisotopic (exact) mass is 312 g/mol. The number of aromatic hydroxyl groups is 1. The number of halogens is 1. The van der Waals surface area contributed by atoms with Gasteiger partial charge in [0.05, 0.1) is 0 Å². The van der Waals surface area contributed by atoms with Crippen molar-refractivity contribution in [1.29, 1.82) is 0 Å². The summed E-state index contributed by atoms with van der Waals surface area (Å²) in [4.78, 5) is 4.73. The molecular formula is C14H21BrN2O. The van der Waals surface area contributed by atoms with Crippen molar-refractivity contribution in [3.8, 4) is 5.75 Å². The van der Waals surface area contributed by atoms with Crippen molar-refractivity contribution in [2.75, 3.05) is 27.2 Å². The molecule has 0 aliphatic carbocycles. The van der Waals surface area contributed by atoms with Crippen LogP contribution in [0.25, 0.3) is 0 Å². The van der Waals surface area contributed by atoms with E-state index in [1.807, 2.05) is 12.1 Å². The van der Waals surface area contributed by atoms with Gasteiger partial charge in [0.15, 0.2) is 0 Å². The van der Waals surface area contributed by atoms with Crippen LogP contribution in [0.5, 0.6) is 5.75 Å². The molecule has 0 atom stereocenters. The van der Waals surface area contributed by atoms with Gasteiger partial charge in [-0.05, 0) is 58.2 Å². The zero-order chi connectivity index (χ0) is 13.1. The Hall–Kier alpha value is -0.580. The van der Waals surface area contributed by atoms with Gasteiger partial charge in [-0.15, -0.1) is 0 Å². The number of likely N-dealkylation sites (tertiary alicyclic amines) is 1. The first kappa shape index (κ1) is 13.8. The molecular weight excluding hydrogens is 292 g/mol. The smallest absolute Gasteiger partial charge is 0.120 e. The van der Waals surface area contributed by atoms with Gasteiger partial charge in [-0.1, -0.05) is 15.9 Å². The Morgan fingerprint density at radius 1 is 1.33 bits per heavy atom. The van der Waals surface area contributed by atoms with Crippen LogP contribution in [0.4, 0.5) is 0 Å². The SMILES string of the molecule is CN(C)C1CCN(Cc2cc(Br)ccc2O)CC1. The summed E-state index contributed by atoms with van der Waals surface area (Å²) in [5, 5.41) is 9.85. The lowest BCUT2D eigenvalue weighted by molar-refractivity contribution is 0.139. The van der Waals surface area contributed by atoms with E-state index in [0.717, 1.165) is 29.7 Å². The lowest BCUT2D eigenvalue weighted by Gasteiger charge is -2.35. The largest absolute Gasteiger partial charge is 0.508 e. The molecule has 1 aromatic rings. The molecule has 1 fully saturated rings. The Kier molecular flexibility index (Phi) is 4.65. The van der Waals surface area contributed by atoms with Crippen LogP contribution in [0.15, 0.2) is 22.7 Å². The van der Waals surface area contributed by atoms with Crippen LogP contribution in [0.3, 0.4) is 0 Å². The lowest BCUT2D eigenvalue weighted by atomic mass is 10.0. The van der Waals surface area contributed by atoms with Gasteiger partial charge in [0.25, 0.3) is 0 Å². The van der Waals surface area contributed by atoms with Crippen molar-refractivity contribution >= 4 is 15.9 Å². The summed E-state index contributed by atoms with van der Waals surface area (Å²) >= 11 is 3.45. The summed E-state index contributed by atoms with van der Waals surface area (Å²) in [7, 11) is 4.31. The van der Waals surface area contributed by atoms with E-state index in [1.165, 1.54) is 12.8 Å². The third-order valence-corrected chi connectivity index (χ3v) is 4.22. The Bertz CT molecular complexity index is 401. The minimum Gasteiger partial charge on any atom is -0.508 e. The number of hydrogen-bond donors (Lipinski definition) is 1. The van der Waals surface area contributed by atoms with Crippen LogP contribution in [-0.2, 0) is 6.54 Å². The van der Waals surface area contributed by atoms with E-state index in [2.05, 4.69) is 39.8 Å². The fourth-order valence-electron chi connectivity index (χ4n) is 2.52. The van der Waals surface area contributed by atoms with Gasteiger partial charge in [0, 0.05) is 22.6 Å². The highest BCUT2D eigenvalue weighted by atomic mass is 79.9. The zero-order valence-corrected chi connectivity index (χ0v) is 12.7. The second kappa shape index (κ2) is 6.04. The van der Waals surface area contributed by atoms with E-state index in [-0.39, 0.29) is 0 Å². The maximum atomic E-state index is 9.85. The van der Waals surface area contributed by atoms with Gasteiger partial charge < -0.3 is 10.0 Å². The number of phenolic OH excluding ortho intramolecular Hbond substituents is 1. The zero-order valence-electron chi connectivity index (χ0n) is 11.1. The highest BCUT2D eigenvalue weighted by molar-refractivity contribution is 9.10. The van der Waals surface area contributed by atoms with Gasteiger partial charge in [-0.3, -0.25) is 4.90 Å². The van der Waals surface area contributed by atoms with Gasteiger partial charge >= 0.3 is 0 Å². The summed E-state index contributed by atoms with van der Waals surface area (Å²) < 4.78 is 1.03. The van der Waals surface area contributed by atoms with Crippen molar-refractivity contribution < 1.29 is 5.11 Å². The predicted molar refractivity (Wildman–Crippen MR) is 77.8 cm³/mol. The maximum absolute atomic E-state index is 9.85. The molecule has 1 N–H and O–H groups in total. The molecule has 2 rings (SSSR count). The van der Waals surface area contributed by atoms with Crippen molar-refractivity contribution in [1.82, 2.24) is 9.80 Å². The number of benzene rings is 1. The molecule has 0 bridgehead atoms. The quantitative estimate of drug-likeness (QED) is 0.929. The van der Waals surface area contributed by atoms with E-state index >= 15 is 0 Å². The Labute approximate surface area is 118 Å². The van der Waals surface area contributed by atoms with Crippen LogP contribution in [0, 0.1) is 0 Å². The van der Waals surface area contributed by atoms with E-state index < -0.39 is 0 Å². The second-order valence-electron chi connectivity index (χ2n) is 5.24. The normalized spacial score (nSPS) is 18.4. The minimum atomic E-state index is 0.396. The number of hydrogen-bond acceptors (Lipinski definition) is 3. The molecule has 1 aliphatic heterocycles. The van der Waals surface area contributed by atoms with E-state index in [9.17, 15) is 5.11 Å². The molecule has 0 spiro atoms. The lowest BCUT2D eigenvalue weighted by Crippen LogP contribution is -2.41. The first-order valence-corrected chi connectivity index (χ1v) is 7.21. The standard InChI is InChI=1S/C14H21BrN2O/c1-16(2)13-5-7-17(8-6-13)10-11-9-12(15)3-4-14(11)18/h3-4,9,13,18H,5-8,10H2,1-2H3. The summed E-state index contributed by atoms with van der Waals surface area (Å²) in [6.07, 6.45) is 2.42. The fraction of sp³-hybridized carbons (Fsp3) is 0.571. The van der Waals surface area contributed by atoms with E-state index in [0.29, 0.717) is 11.8 Å². The van der Waals surface area contributed by atoms with Crippen molar-refractivity contribution in [2.45, 2.75) is 25.4 Å². The molecule has 0 radical (unpaired) electrons. The van der Waals surface area contributed by atoms with Crippen LogP contribution < -0.4 is 0 Å². The van der Waals surface area contributed by atoms with Crippen molar-refractivity contribution in [3.63, 3.8) is 0 Å². The maximum Gasteiger partial charge on any atom is 0.120 e. The molecule has 1 heterocycles. The molecule has 0 aromatic heterocycles. The molecule has 18 heavy (non-hydrogen) atoms. The van der Waals surface area contributed by atoms with Gasteiger partial charge in [0.2, 0.25) is 0 Å². The molecule has 0 unspecified atom stereocenters. The minimum absolute atomic E-state index is 0.396. The van der Waals surface area contributed by atoms with Crippen LogP contribution in [0.2, 0.25) is 0 Å². The number of rotatable bonds is 3. The predicted octanol–water partition coefficient (Wildman–Crippen LogP) is 2.68. The van der Waals surface area contributed by atoms with Gasteiger partial charge in [-0.25, -0.2) is 0 Å². The van der Waals surface area contributed by atoms with Crippen LogP contribution in [0.1, 0.15) is 18.4 Å². The second-order valence-corrected chi connectivity index (χ2v) is 6.16. The summed E-state index contributed by atoms with van der Waals surface area (Å²) in [6.45, 7) is 3.05. The number of phenols is 1. The molecule has 4 heteroatoms. The molecule has 100 valence electrons. The van der Waals surface area contributed by atoms with Crippen molar-refractivity contribution in [3.05, 3.63) is 28.2 Å². The Morgan fingerprint density at radius 2 is 2.00 bits per heavy atom. The van der Waals surface area contributed by atoms with Crippen LogP contribution in [-0.4, -0.2) is 48.1 Å². The number of piperidine rings is 1. The molecule has 0 amide bonds. The van der Waals surface area contributed by atoms with Crippen LogP contribution >= 0.6 is 15.9 Å². The molecule has 1 saturated heterocycles. The summed E-state index contributed by atoms with van der Waals surface area (Å²) in [6, 6.07) is 6.34. The fourth-order valence-corrected chi connectivity index (χ4v) is 2.92. The summed E-state index contributed by atoms with van der Waals surface area (Å²) in [5.74, 6) is 0.396. The number of nitrogens with zero attached hydrogens (tertiary/aromatic N) is 2. The van der Waals surface area contributed by atoms with Crippen molar-refractivity contribution in [2.24, 2.45) is 0 Å².